The van der Waals surface area contributed by atoms with Gasteiger partial charge in [-0.15, -0.1) is 0 Å². The number of hydrogen-bond donors (Lipinski definition) is 2. The Bertz CT molecular complexity index is 220. The first-order valence-corrected chi connectivity index (χ1v) is 4.42. The van der Waals surface area contributed by atoms with Crippen LogP contribution in [0.5, 0.6) is 0 Å². The van der Waals surface area contributed by atoms with E-state index in [0.717, 1.165) is 25.5 Å². The van der Waals surface area contributed by atoms with Gasteiger partial charge in [0.25, 0.3) is 0 Å². The Kier molecular flexibility index (Phi) is 3.64. The zero-order chi connectivity index (χ0) is 9.68. The molecule has 1 saturated heterocycles. The molecule has 4 nitrogen and oxygen atoms in total. The SMILES string of the molecule is C=CC(=O)NC(=O)[C@H]1CCCNC1. The Morgan fingerprint density at radius 3 is 2.85 bits per heavy atom. The summed E-state index contributed by atoms with van der Waals surface area (Å²) in [6.07, 6.45) is 2.94. The monoisotopic (exact) mass is 182 g/mol. The van der Waals surface area contributed by atoms with Crippen molar-refractivity contribution in [2.45, 2.75) is 12.8 Å². The zero-order valence-electron chi connectivity index (χ0n) is 7.51. The van der Waals surface area contributed by atoms with Crippen molar-refractivity contribution in [2.75, 3.05) is 13.1 Å². The summed E-state index contributed by atoms with van der Waals surface area (Å²) in [5.41, 5.74) is 0. The summed E-state index contributed by atoms with van der Waals surface area (Å²) in [5, 5.41) is 5.37. The fourth-order valence-electron chi connectivity index (χ4n) is 1.35. The van der Waals surface area contributed by atoms with E-state index in [-0.39, 0.29) is 11.8 Å². The molecule has 1 atom stereocenters. The molecular formula is C9H14N2O2. The predicted octanol–water partition coefficient (Wildman–Crippen LogP) is -0.185. The van der Waals surface area contributed by atoms with Crippen LogP contribution in [0.1, 0.15) is 12.8 Å². The Morgan fingerprint density at radius 2 is 2.31 bits per heavy atom. The lowest BCUT2D eigenvalue weighted by molar-refractivity contribution is -0.131. The summed E-state index contributed by atoms with van der Waals surface area (Å²) >= 11 is 0. The molecule has 0 radical (unpaired) electrons. The van der Waals surface area contributed by atoms with Crippen LogP contribution in [-0.4, -0.2) is 24.9 Å². The molecule has 0 saturated carbocycles. The average molecular weight is 182 g/mol. The minimum Gasteiger partial charge on any atom is -0.316 e. The van der Waals surface area contributed by atoms with Crippen molar-refractivity contribution in [2.24, 2.45) is 5.92 Å². The first-order valence-electron chi connectivity index (χ1n) is 4.42. The van der Waals surface area contributed by atoms with Crippen molar-refractivity contribution in [1.29, 1.82) is 0 Å². The van der Waals surface area contributed by atoms with Crippen LogP contribution in [0, 0.1) is 5.92 Å². The highest BCUT2D eigenvalue weighted by molar-refractivity contribution is 6.01. The normalized spacial score (nSPS) is 22.0. The van der Waals surface area contributed by atoms with E-state index < -0.39 is 5.91 Å². The Hall–Kier alpha value is -1.16. The number of imide groups is 1. The topological polar surface area (TPSA) is 58.2 Å². The summed E-state index contributed by atoms with van der Waals surface area (Å²) in [4.78, 5) is 22.1. The number of carbonyl (C=O) groups excluding carboxylic acids is 2. The highest BCUT2D eigenvalue weighted by Crippen LogP contribution is 2.09. The van der Waals surface area contributed by atoms with E-state index in [1.807, 2.05) is 0 Å². The molecule has 4 heteroatoms. The minimum absolute atomic E-state index is 0.0716. The van der Waals surface area contributed by atoms with E-state index in [1.54, 1.807) is 0 Å². The van der Waals surface area contributed by atoms with Crippen LogP contribution in [0.3, 0.4) is 0 Å². The van der Waals surface area contributed by atoms with Crippen LogP contribution in [0.15, 0.2) is 12.7 Å². The van der Waals surface area contributed by atoms with Gasteiger partial charge >= 0.3 is 0 Å². The maximum absolute atomic E-state index is 11.3. The lowest BCUT2D eigenvalue weighted by Gasteiger charge is -2.20. The molecule has 0 aliphatic carbocycles. The molecule has 1 aliphatic heterocycles. The van der Waals surface area contributed by atoms with Crippen molar-refractivity contribution in [1.82, 2.24) is 10.6 Å². The molecule has 0 aromatic rings. The maximum atomic E-state index is 11.3. The van der Waals surface area contributed by atoms with Gasteiger partial charge in [-0.3, -0.25) is 14.9 Å². The summed E-state index contributed by atoms with van der Waals surface area (Å²) < 4.78 is 0. The molecule has 1 heterocycles. The smallest absolute Gasteiger partial charge is 0.249 e. The lowest BCUT2D eigenvalue weighted by Crippen LogP contribution is -2.42. The quantitative estimate of drug-likeness (QED) is 0.582. The van der Waals surface area contributed by atoms with Gasteiger partial charge in [-0.25, -0.2) is 0 Å². The van der Waals surface area contributed by atoms with Crippen LogP contribution in [-0.2, 0) is 9.59 Å². The Balaban J connectivity index is 2.37. The van der Waals surface area contributed by atoms with Crippen LogP contribution >= 0.6 is 0 Å². The molecule has 2 amide bonds. The van der Waals surface area contributed by atoms with Crippen molar-refractivity contribution >= 4 is 11.8 Å². The first-order chi connectivity index (χ1) is 6.24. The van der Waals surface area contributed by atoms with Crippen LogP contribution in [0.4, 0.5) is 0 Å². The molecule has 0 aromatic heterocycles. The zero-order valence-corrected chi connectivity index (χ0v) is 7.51. The van der Waals surface area contributed by atoms with Gasteiger partial charge in [0, 0.05) is 6.54 Å². The van der Waals surface area contributed by atoms with E-state index in [2.05, 4.69) is 17.2 Å². The van der Waals surface area contributed by atoms with Gasteiger partial charge < -0.3 is 5.32 Å². The number of piperidine rings is 1. The summed E-state index contributed by atoms with van der Waals surface area (Å²) in [7, 11) is 0. The highest BCUT2D eigenvalue weighted by atomic mass is 16.2. The van der Waals surface area contributed by atoms with E-state index in [1.165, 1.54) is 0 Å². The Labute approximate surface area is 77.4 Å². The summed E-state index contributed by atoms with van der Waals surface area (Å²) in [5.74, 6) is -0.690. The number of rotatable bonds is 2. The first kappa shape index (κ1) is 9.92. The number of nitrogens with one attached hydrogen (secondary N) is 2. The van der Waals surface area contributed by atoms with Crippen LogP contribution < -0.4 is 10.6 Å². The van der Waals surface area contributed by atoms with Gasteiger partial charge in [-0.1, -0.05) is 6.58 Å². The van der Waals surface area contributed by atoms with Gasteiger partial charge in [0.15, 0.2) is 0 Å². The van der Waals surface area contributed by atoms with Gasteiger partial charge in [0.2, 0.25) is 11.8 Å². The van der Waals surface area contributed by atoms with E-state index in [9.17, 15) is 9.59 Å². The van der Waals surface area contributed by atoms with Crippen molar-refractivity contribution < 1.29 is 9.59 Å². The molecule has 72 valence electrons. The van der Waals surface area contributed by atoms with E-state index in [4.69, 9.17) is 0 Å². The van der Waals surface area contributed by atoms with Crippen LogP contribution in [0.2, 0.25) is 0 Å². The second-order valence-corrected chi connectivity index (χ2v) is 3.10. The lowest BCUT2D eigenvalue weighted by atomic mass is 9.99. The molecule has 0 unspecified atom stereocenters. The molecule has 1 rings (SSSR count). The maximum Gasteiger partial charge on any atom is 0.249 e. The highest BCUT2D eigenvalue weighted by Gasteiger charge is 2.21. The summed E-state index contributed by atoms with van der Waals surface area (Å²) in [6.45, 7) is 4.90. The second kappa shape index (κ2) is 4.77. The number of hydrogen-bond acceptors (Lipinski definition) is 3. The molecule has 0 aromatic carbocycles. The van der Waals surface area contributed by atoms with Gasteiger partial charge in [-0.05, 0) is 25.5 Å². The second-order valence-electron chi connectivity index (χ2n) is 3.10. The molecular weight excluding hydrogens is 168 g/mol. The third kappa shape index (κ3) is 2.99. The summed E-state index contributed by atoms with van der Waals surface area (Å²) in [6, 6.07) is 0. The molecule has 0 bridgehead atoms. The fraction of sp³-hybridized carbons (Fsp3) is 0.556. The number of amides is 2. The molecule has 1 fully saturated rings. The van der Waals surface area contributed by atoms with Gasteiger partial charge in [-0.2, -0.15) is 0 Å². The van der Waals surface area contributed by atoms with Gasteiger partial charge in [0.05, 0.1) is 5.92 Å². The fourth-order valence-corrected chi connectivity index (χ4v) is 1.35. The van der Waals surface area contributed by atoms with Crippen molar-refractivity contribution in [3.05, 3.63) is 12.7 Å². The standard InChI is InChI=1S/C9H14N2O2/c1-2-8(12)11-9(13)7-4-3-5-10-6-7/h2,7,10H,1,3-6H2,(H,11,12,13)/t7-/m0/s1. The van der Waals surface area contributed by atoms with E-state index >= 15 is 0 Å². The number of carbonyl (C=O) groups is 2. The van der Waals surface area contributed by atoms with Crippen molar-refractivity contribution in [3.63, 3.8) is 0 Å². The third-order valence-electron chi connectivity index (χ3n) is 2.10. The molecule has 2 N–H and O–H groups in total. The molecule has 0 spiro atoms. The molecule has 13 heavy (non-hydrogen) atoms. The molecule has 1 aliphatic rings. The van der Waals surface area contributed by atoms with Crippen molar-refractivity contribution in [3.8, 4) is 0 Å². The van der Waals surface area contributed by atoms with Gasteiger partial charge in [0.1, 0.15) is 0 Å². The van der Waals surface area contributed by atoms with Crippen LogP contribution in [0.25, 0.3) is 0 Å². The van der Waals surface area contributed by atoms with E-state index in [0.29, 0.717) is 6.54 Å². The minimum atomic E-state index is -0.421. The predicted molar refractivity (Wildman–Crippen MR) is 48.9 cm³/mol. The third-order valence-corrected chi connectivity index (χ3v) is 2.10. The average Bonchev–Trinajstić information content (AvgIpc) is 2.19. The Morgan fingerprint density at radius 1 is 1.54 bits per heavy atom. The largest absolute Gasteiger partial charge is 0.316 e.